The molecule has 1 aromatic carbocycles. The van der Waals surface area contributed by atoms with E-state index in [0.717, 1.165) is 17.1 Å². The maximum Gasteiger partial charge on any atom is 0.223 e. The van der Waals surface area contributed by atoms with Gasteiger partial charge < -0.3 is 19.7 Å². The number of carbonyl (C=O) groups is 1. The molecule has 2 aliphatic rings. The van der Waals surface area contributed by atoms with Crippen LogP contribution in [0.5, 0.6) is 11.5 Å². The first-order chi connectivity index (χ1) is 11.2. The van der Waals surface area contributed by atoms with Crippen LogP contribution in [0.4, 0.5) is 0 Å². The molecule has 0 aliphatic carbocycles. The molecule has 1 saturated heterocycles. The van der Waals surface area contributed by atoms with Crippen LogP contribution in [0.2, 0.25) is 0 Å². The molecule has 3 rings (SSSR count). The molecule has 0 spiro atoms. The van der Waals surface area contributed by atoms with Crippen molar-refractivity contribution in [1.82, 2.24) is 10.2 Å². The second-order valence-electron chi connectivity index (χ2n) is 5.90. The lowest BCUT2D eigenvalue weighted by molar-refractivity contribution is -0.132. The fourth-order valence-electron chi connectivity index (χ4n) is 3.28. The van der Waals surface area contributed by atoms with E-state index in [4.69, 9.17) is 14.7 Å². The third kappa shape index (κ3) is 3.25. The Morgan fingerprint density at radius 2 is 2.39 bits per heavy atom. The molecule has 2 heterocycles. The van der Waals surface area contributed by atoms with Crippen molar-refractivity contribution in [2.75, 3.05) is 33.4 Å². The van der Waals surface area contributed by atoms with Crippen molar-refractivity contribution in [2.45, 2.75) is 18.9 Å². The van der Waals surface area contributed by atoms with Crippen LogP contribution in [0, 0.1) is 17.2 Å². The summed E-state index contributed by atoms with van der Waals surface area (Å²) in [7, 11) is 1.64. The molecule has 1 aromatic rings. The lowest BCUT2D eigenvalue weighted by Crippen LogP contribution is -2.48. The number of methoxy groups -OCH3 is 1. The minimum absolute atomic E-state index is 0.103. The quantitative estimate of drug-likeness (QED) is 0.914. The molecule has 1 N–H and O–H groups in total. The Morgan fingerprint density at radius 1 is 1.52 bits per heavy atom. The first-order valence-corrected chi connectivity index (χ1v) is 7.91. The van der Waals surface area contributed by atoms with Gasteiger partial charge in [-0.15, -0.1) is 0 Å². The monoisotopic (exact) mass is 315 g/mol. The van der Waals surface area contributed by atoms with Gasteiger partial charge in [0.15, 0.2) is 0 Å². The minimum atomic E-state index is 0.103. The van der Waals surface area contributed by atoms with Crippen molar-refractivity contribution >= 4 is 5.91 Å². The zero-order chi connectivity index (χ0) is 16.2. The van der Waals surface area contributed by atoms with Gasteiger partial charge in [-0.1, -0.05) is 6.07 Å². The maximum absolute atomic E-state index is 12.2. The van der Waals surface area contributed by atoms with Crippen molar-refractivity contribution in [2.24, 2.45) is 5.92 Å². The smallest absolute Gasteiger partial charge is 0.223 e. The molecule has 0 bridgehead atoms. The molecule has 23 heavy (non-hydrogen) atoms. The van der Waals surface area contributed by atoms with E-state index in [1.54, 1.807) is 12.0 Å². The summed E-state index contributed by atoms with van der Waals surface area (Å²) in [4.78, 5) is 14.0. The number of hydrogen-bond donors (Lipinski definition) is 1. The van der Waals surface area contributed by atoms with Crippen LogP contribution in [0.3, 0.4) is 0 Å². The molecular weight excluding hydrogens is 294 g/mol. The molecule has 0 radical (unpaired) electrons. The highest BCUT2D eigenvalue weighted by Crippen LogP contribution is 2.38. The largest absolute Gasteiger partial charge is 0.497 e. The topological polar surface area (TPSA) is 74.6 Å². The van der Waals surface area contributed by atoms with Crippen LogP contribution >= 0.6 is 0 Å². The summed E-state index contributed by atoms with van der Waals surface area (Å²) in [5.74, 6) is 1.90. The molecule has 122 valence electrons. The lowest BCUT2D eigenvalue weighted by Gasteiger charge is -2.39. The number of nitriles is 1. The van der Waals surface area contributed by atoms with Crippen LogP contribution < -0.4 is 14.8 Å². The predicted octanol–water partition coefficient (Wildman–Crippen LogP) is 1.48. The summed E-state index contributed by atoms with van der Waals surface area (Å²) in [6.07, 6.45) is 0.826. The number of carbonyl (C=O) groups excluding carboxylic acids is 1. The van der Waals surface area contributed by atoms with E-state index in [1.807, 2.05) is 18.2 Å². The molecule has 2 atom stereocenters. The standard InChI is InChI=1S/C17H21N3O3/c1-22-13-3-4-14-15(9-13)23-11-12-10-20(8-2-6-18)16(21)5-7-19-17(12)14/h3-4,9,12,17,19H,2,5,7-8,10-11H2,1H3/t12-,17-/m0/s1. The fourth-order valence-corrected chi connectivity index (χ4v) is 3.28. The Morgan fingerprint density at radius 3 is 3.17 bits per heavy atom. The van der Waals surface area contributed by atoms with Crippen molar-refractivity contribution in [3.63, 3.8) is 0 Å². The van der Waals surface area contributed by atoms with E-state index >= 15 is 0 Å². The van der Waals surface area contributed by atoms with Gasteiger partial charge in [0, 0.05) is 49.6 Å². The van der Waals surface area contributed by atoms with E-state index < -0.39 is 0 Å². The second-order valence-corrected chi connectivity index (χ2v) is 5.90. The summed E-state index contributed by atoms with van der Waals surface area (Å²) in [6.45, 7) is 2.29. The Bertz CT molecular complexity index is 626. The lowest BCUT2D eigenvalue weighted by atomic mass is 9.89. The molecule has 6 nitrogen and oxygen atoms in total. The van der Waals surface area contributed by atoms with Gasteiger partial charge in [-0.3, -0.25) is 4.79 Å². The van der Waals surface area contributed by atoms with E-state index in [-0.39, 0.29) is 17.9 Å². The average Bonchev–Trinajstić information content (AvgIpc) is 2.57. The summed E-state index contributed by atoms with van der Waals surface area (Å²) in [5, 5.41) is 12.3. The van der Waals surface area contributed by atoms with Crippen LogP contribution in [-0.4, -0.2) is 44.2 Å². The van der Waals surface area contributed by atoms with Crippen LogP contribution in [0.15, 0.2) is 18.2 Å². The highest BCUT2D eigenvalue weighted by Gasteiger charge is 2.34. The highest BCUT2D eigenvalue weighted by atomic mass is 16.5. The van der Waals surface area contributed by atoms with Crippen molar-refractivity contribution in [1.29, 1.82) is 5.26 Å². The van der Waals surface area contributed by atoms with Crippen LogP contribution in [0.1, 0.15) is 24.4 Å². The van der Waals surface area contributed by atoms with Gasteiger partial charge in [-0.2, -0.15) is 5.26 Å². The zero-order valence-electron chi connectivity index (χ0n) is 13.2. The Balaban J connectivity index is 1.82. The summed E-state index contributed by atoms with van der Waals surface area (Å²) < 4.78 is 11.1. The third-order valence-electron chi connectivity index (χ3n) is 4.48. The second kappa shape index (κ2) is 6.88. The van der Waals surface area contributed by atoms with Crippen LogP contribution in [0.25, 0.3) is 0 Å². The number of benzene rings is 1. The summed E-state index contributed by atoms with van der Waals surface area (Å²) in [6, 6.07) is 8.14. The van der Waals surface area contributed by atoms with E-state index in [9.17, 15) is 4.79 Å². The minimum Gasteiger partial charge on any atom is -0.497 e. The Labute approximate surface area is 136 Å². The van der Waals surface area contributed by atoms with Crippen molar-refractivity contribution in [3.05, 3.63) is 23.8 Å². The van der Waals surface area contributed by atoms with Crippen molar-refractivity contribution < 1.29 is 14.3 Å². The molecule has 0 unspecified atom stereocenters. The first kappa shape index (κ1) is 15.6. The third-order valence-corrected chi connectivity index (χ3v) is 4.48. The van der Waals surface area contributed by atoms with E-state index in [2.05, 4.69) is 11.4 Å². The molecule has 1 amide bonds. The number of fused-ring (bicyclic) bond motifs is 3. The summed E-state index contributed by atoms with van der Waals surface area (Å²) >= 11 is 0. The fraction of sp³-hybridized carbons (Fsp3) is 0.529. The van der Waals surface area contributed by atoms with Crippen molar-refractivity contribution in [3.8, 4) is 17.6 Å². The number of nitrogens with zero attached hydrogens (tertiary/aromatic N) is 2. The zero-order valence-corrected chi connectivity index (χ0v) is 13.2. The van der Waals surface area contributed by atoms with Gasteiger partial charge in [0.1, 0.15) is 11.5 Å². The maximum atomic E-state index is 12.2. The number of rotatable bonds is 3. The molecular formula is C17H21N3O3. The number of hydrogen-bond acceptors (Lipinski definition) is 5. The predicted molar refractivity (Wildman–Crippen MR) is 84.1 cm³/mol. The molecule has 2 aliphatic heterocycles. The Hall–Kier alpha value is -2.26. The van der Waals surface area contributed by atoms with Gasteiger partial charge in [0.05, 0.1) is 26.2 Å². The number of nitrogens with one attached hydrogen (secondary N) is 1. The SMILES string of the molecule is COc1ccc2c(c1)OC[C@@H]1CN(CCC#N)C(=O)CCN[C@H]21. The van der Waals surface area contributed by atoms with Gasteiger partial charge >= 0.3 is 0 Å². The van der Waals surface area contributed by atoms with Crippen LogP contribution in [-0.2, 0) is 4.79 Å². The summed E-state index contributed by atoms with van der Waals surface area (Å²) in [5.41, 5.74) is 1.11. The number of ether oxygens (including phenoxy) is 2. The van der Waals surface area contributed by atoms with Gasteiger partial charge in [0.25, 0.3) is 0 Å². The average molecular weight is 315 g/mol. The Kier molecular flexibility index (Phi) is 4.68. The molecule has 0 aromatic heterocycles. The normalized spacial score (nSPS) is 23.7. The van der Waals surface area contributed by atoms with Gasteiger partial charge in [-0.05, 0) is 6.07 Å². The van der Waals surface area contributed by atoms with Gasteiger partial charge in [-0.25, -0.2) is 0 Å². The first-order valence-electron chi connectivity index (χ1n) is 7.91. The van der Waals surface area contributed by atoms with E-state index in [0.29, 0.717) is 39.1 Å². The molecule has 1 fully saturated rings. The highest BCUT2D eigenvalue weighted by molar-refractivity contribution is 5.76. The van der Waals surface area contributed by atoms with E-state index in [1.165, 1.54) is 0 Å². The molecule has 6 heteroatoms. The number of amides is 1. The van der Waals surface area contributed by atoms with Gasteiger partial charge in [0.2, 0.25) is 5.91 Å². The molecule has 0 saturated carbocycles.